The molecule has 13 heteroatoms. The van der Waals surface area contributed by atoms with Crippen LogP contribution in [0.5, 0.6) is 0 Å². The Labute approximate surface area is 129 Å². The van der Waals surface area contributed by atoms with E-state index < -0.39 is 67.7 Å². The number of morpholine rings is 1. The van der Waals surface area contributed by atoms with Crippen LogP contribution in [-0.4, -0.2) is 67.7 Å². The van der Waals surface area contributed by atoms with Gasteiger partial charge in [0.25, 0.3) is 0 Å². The van der Waals surface area contributed by atoms with Crippen molar-refractivity contribution in [1.29, 1.82) is 0 Å². The molecule has 0 aromatic heterocycles. The molecule has 3 nitrogen and oxygen atoms in total. The van der Waals surface area contributed by atoms with Crippen LogP contribution in [0.2, 0.25) is 0 Å². The van der Waals surface area contributed by atoms with Gasteiger partial charge in [-0.3, -0.25) is 0 Å². The number of ether oxygens (including phenoxy) is 2. The third kappa shape index (κ3) is 3.05. The topological polar surface area (TPSA) is 21.7 Å². The molecule has 1 heterocycles. The lowest BCUT2D eigenvalue weighted by molar-refractivity contribution is -0.472. The molecule has 0 radical (unpaired) electrons. The van der Waals surface area contributed by atoms with E-state index in [2.05, 4.69) is 9.47 Å². The number of alkyl halides is 10. The van der Waals surface area contributed by atoms with Gasteiger partial charge >= 0.3 is 29.9 Å². The molecular formula is C11H13F10NO2. The van der Waals surface area contributed by atoms with Gasteiger partial charge in [-0.2, -0.15) is 43.9 Å². The molecule has 0 spiro atoms. The molecule has 0 atom stereocenters. The van der Waals surface area contributed by atoms with Gasteiger partial charge in [0.2, 0.25) is 0 Å². The standard InChI is InChI=1S/C11H13F10NO2/c1-2-24-7(9(14,15)16,10(17,18)19)8(12,13)11(20,21)22-3-5-23-6-4-22/h2-6H2,1H3. The van der Waals surface area contributed by atoms with Crippen LogP contribution in [0.1, 0.15) is 6.92 Å². The van der Waals surface area contributed by atoms with E-state index in [1.807, 2.05) is 0 Å². The molecule has 0 bridgehead atoms. The van der Waals surface area contributed by atoms with Crippen LogP contribution in [-0.2, 0) is 9.47 Å². The van der Waals surface area contributed by atoms with Crippen LogP contribution >= 0.6 is 0 Å². The lowest BCUT2D eigenvalue weighted by Crippen LogP contribution is -2.77. The molecule has 0 N–H and O–H groups in total. The van der Waals surface area contributed by atoms with E-state index in [1.54, 1.807) is 0 Å². The van der Waals surface area contributed by atoms with Crippen molar-refractivity contribution in [2.45, 2.75) is 36.8 Å². The Hall–Kier alpha value is -0.820. The predicted molar refractivity (Wildman–Crippen MR) is 58.8 cm³/mol. The van der Waals surface area contributed by atoms with Crippen LogP contribution in [0.15, 0.2) is 0 Å². The van der Waals surface area contributed by atoms with E-state index in [4.69, 9.17) is 0 Å². The highest BCUT2D eigenvalue weighted by molar-refractivity contribution is 5.11. The Morgan fingerprint density at radius 2 is 1.25 bits per heavy atom. The summed E-state index contributed by atoms with van der Waals surface area (Å²) in [7, 11) is 0. The summed E-state index contributed by atoms with van der Waals surface area (Å²) in [6.45, 7) is -4.01. The maximum Gasteiger partial charge on any atom is 0.433 e. The smallest absolute Gasteiger partial charge is 0.379 e. The van der Waals surface area contributed by atoms with Crippen molar-refractivity contribution in [2.75, 3.05) is 32.9 Å². The van der Waals surface area contributed by atoms with Gasteiger partial charge in [-0.15, -0.1) is 0 Å². The van der Waals surface area contributed by atoms with E-state index in [1.165, 1.54) is 0 Å². The zero-order chi connectivity index (χ0) is 19.0. The van der Waals surface area contributed by atoms with Gasteiger partial charge in [0.1, 0.15) is 0 Å². The lowest BCUT2D eigenvalue weighted by atomic mass is 9.90. The molecule has 1 fully saturated rings. The minimum Gasteiger partial charge on any atom is -0.379 e. The average Bonchev–Trinajstić information content (AvgIpc) is 2.42. The molecule has 144 valence electrons. The van der Waals surface area contributed by atoms with Crippen LogP contribution in [0.4, 0.5) is 43.9 Å². The predicted octanol–water partition coefficient (Wildman–Crippen LogP) is 3.45. The van der Waals surface area contributed by atoms with Crippen LogP contribution in [0.3, 0.4) is 0 Å². The fraction of sp³-hybridized carbons (Fsp3) is 1.00. The summed E-state index contributed by atoms with van der Waals surface area (Å²) >= 11 is 0. The summed E-state index contributed by atoms with van der Waals surface area (Å²) in [4.78, 5) is -0.484. The van der Waals surface area contributed by atoms with E-state index >= 15 is 0 Å². The molecule has 0 saturated carbocycles. The molecule has 0 aliphatic carbocycles. The van der Waals surface area contributed by atoms with Crippen molar-refractivity contribution in [1.82, 2.24) is 4.90 Å². The molecule has 1 rings (SSSR count). The first-order valence-electron chi connectivity index (χ1n) is 6.52. The molecule has 0 aromatic carbocycles. The van der Waals surface area contributed by atoms with Crippen molar-refractivity contribution < 1.29 is 53.4 Å². The summed E-state index contributed by atoms with van der Waals surface area (Å²) < 4.78 is 142. The second kappa shape index (κ2) is 6.48. The minimum atomic E-state index is -6.85. The van der Waals surface area contributed by atoms with Crippen molar-refractivity contribution in [3.63, 3.8) is 0 Å². The van der Waals surface area contributed by atoms with Crippen LogP contribution in [0.25, 0.3) is 0 Å². The quantitative estimate of drug-likeness (QED) is 0.538. The number of nitrogens with zero attached hydrogens (tertiary/aromatic N) is 1. The van der Waals surface area contributed by atoms with Gasteiger partial charge in [-0.1, -0.05) is 0 Å². The van der Waals surface area contributed by atoms with Gasteiger partial charge in [-0.25, -0.2) is 4.90 Å². The first kappa shape index (κ1) is 21.2. The highest BCUT2D eigenvalue weighted by atomic mass is 19.4. The normalized spacial score (nSPS) is 19.6. The van der Waals surface area contributed by atoms with E-state index in [0.717, 1.165) is 0 Å². The van der Waals surface area contributed by atoms with E-state index in [-0.39, 0.29) is 0 Å². The minimum absolute atomic E-state index is 0.484. The Bertz CT molecular complexity index is 414. The molecule has 0 amide bonds. The van der Waals surface area contributed by atoms with Gasteiger partial charge < -0.3 is 9.47 Å². The summed E-state index contributed by atoms with van der Waals surface area (Å²) in [5.41, 5.74) is -6.36. The molecule has 0 aromatic rings. The van der Waals surface area contributed by atoms with Gasteiger partial charge in [-0.05, 0) is 6.92 Å². The lowest BCUT2D eigenvalue weighted by Gasteiger charge is -2.47. The van der Waals surface area contributed by atoms with Gasteiger partial charge in [0, 0.05) is 19.7 Å². The fourth-order valence-electron chi connectivity index (χ4n) is 2.24. The second-order valence-electron chi connectivity index (χ2n) is 4.82. The third-order valence-corrected chi connectivity index (χ3v) is 3.39. The zero-order valence-electron chi connectivity index (χ0n) is 12.1. The Morgan fingerprint density at radius 1 is 0.833 bits per heavy atom. The summed E-state index contributed by atoms with van der Waals surface area (Å²) in [5.74, 6) is -6.65. The number of hydrogen-bond acceptors (Lipinski definition) is 3. The van der Waals surface area contributed by atoms with E-state index in [9.17, 15) is 43.9 Å². The molecule has 1 aliphatic heterocycles. The largest absolute Gasteiger partial charge is 0.433 e. The average molecular weight is 381 g/mol. The first-order valence-corrected chi connectivity index (χ1v) is 6.52. The maximum atomic E-state index is 14.1. The fourth-order valence-corrected chi connectivity index (χ4v) is 2.24. The zero-order valence-corrected chi connectivity index (χ0v) is 12.1. The van der Waals surface area contributed by atoms with E-state index in [0.29, 0.717) is 6.92 Å². The molecule has 1 saturated heterocycles. The SMILES string of the molecule is CCOC(C(F)(F)F)(C(F)(F)F)C(F)(F)C(F)(F)N1CCOCC1. The van der Waals surface area contributed by atoms with Crippen molar-refractivity contribution in [2.24, 2.45) is 0 Å². The molecule has 0 unspecified atom stereocenters. The van der Waals surface area contributed by atoms with Crippen molar-refractivity contribution in [3.8, 4) is 0 Å². The van der Waals surface area contributed by atoms with Gasteiger partial charge in [0.05, 0.1) is 13.2 Å². The molecule has 24 heavy (non-hydrogen) atoms. The number of hydrogen-bond donors (Lipinski definition) is 0. The third-order valence-electron chi connectivity index (χ3n) is 3.39. The first-order chi connectivity index (χ1) is 10.7. The summed E-state index contributed by atoms with van der Waals surface area (Å²) in [6.07, 6.45) is -13.7. The molecular weight excluding hydrogens is 368 g/mol. The van der Waals surface area contributed by atoms with Crippen molar-refractivity contribution >= 4 is 0 Å². The van der Waals surface area contributed by atoms with Crippen LogP contribution in [0, 0.1) is 0 Å². The highest BCUT2D eigenvalue weighted by Crippen LogP contribution is 2.59. The Morgan fingerprint density at radius 3 is 1.58 bits per heavy atom. The number of halogens is 10. The molecule has 1 aliphatic rings. The Balaban J connectivity index is 3.53. The summed E-state index contributed by atoms with van der Waals surface area (Å²) in [6, 6.07) is -5.78. The Kier molecular flexibility index (Phi) is 5.73. The summed E-state index contributed by atoms with van der Waals surface area (Å²) in [5, 5.41) is 0. The monoisotopic (exact) mass is 381 g/mol. The highest BCUT2D eigenvalue weighted by Gasteiger charge is 2.90. The number of rotatable bonds is 5. The van der Waals surface area contributed by atoms with Crippen LogP contribution < -0.4 is 0 Å². The maximum absolute atomic E-state index is 14.1. The van der Waals surface area contributed by atoms with Gasteiger partial charge in [0.15, 0.2) is 0 Å². The second-order valence-corrected chi connectivity index (χ2v) is 4.82. The van der Waals surface area contributed by atoms with Crippen molar-refractivity contribution in [3.05, 3.63) is 0 Å².